The van der Waals surface area contributed by atoms with E-state index in [-0.39, 0.29) is 31.6 Å². The van der Waals surface area contributed by atoms with Crippen molar-refractivity contribution in [3.63, 3.8) is 0 Å². The number of thiophene rings is 1. The molecule has 2 aromatic carbocycles. The van der Waals surface area contributed by atoms with Gasteiger partial charge in [0.05, 0.1) is 10.2 Å². The van der Waals surface area contributed by atoms with E-state index in [2.05, 4.69) is 21.4 Å². The van der Waals surface area contributed by atoms with Crippen LogP contribution >= 0.6 is 11.3 Å². The first-order chi connectivity index (χ1) is 17.0. The fourth-order valence-corrected chi connectivity index (χ4v) is 5.60. The number of fused-ring (bicyclic) bond motifs is 1. The second kappa shape index (κ2) is 11.3. The fourth-order valence-electron chi connectivity index (χ4n) is 4.68. The number of piperidine rings is 1. The smallest absolute Gasteiger partial charge is 0.166 e. The molecule has 0 aliphatic carbocycles. The van der Waals surface area contributed by atoms with E-state index in [1.54, 1.807) is 23.5 Å². The van der Waals surface area contributed by atoms with Crippen LogP contribution in [0.1, 0.15) is 30.6 Å². The summed E-state index contributed by atoms with van der Waals surface area (Å²) in [7, 11) is 1.94. The van der Waals surface area contributed by atoms with Gasteiger partial charge in [-0.25, -0.2) is 4.39 Å². The first kappa shape index (κ1) is 26.0. The highest BCUT2D eigenvalue weighted by Gasteiger charge is 2.27. The predicted octanol–water partition coefficient (Wildman–Crippen LogP) is 5.41. The van der Waals surface area contributed by atoms with Crippen molar-refractivity contribution in [2.24, 2.45) is 13.0 Å². The monoisotopic (exact) mass is 509 g/mol. The SMILES string of the molecule is C.Cn1nc(-c2cccc(OCC(O)CN3CCC(C(=O)c4ccc(F)cc4)CC3)c2)c2sccc21. The van der Waals surface area contributed by atoms with E-state index in [0.29, 0.717) is 17.9 Å². The van der Waals surface area contributed by atoms with Gasteiger partial charge >= 0.3 is 0 Å². The minimum absolute atomic E-state index is 0. The number of nitrogens with zero attached hydrogens (tertiary/aromatic N) is 3. The number of likely N-dealkylation sites (tertiary alicyclic amines) is 1. The Hall–Kier alpha value is -3.07. The summed E-state index contributed by atoms with van der Waals surface area (Å²) in [6.45, 7) is 2.16. The molecule has 1 aliphatic rings. The van der Waals surface area contributed by atoms with Crippen LogP contribution in [0.15, 0.2) is 60.0 Å². The van der Waals surface area contributed by atoms with Gasteiger partial charge in [0, 0.05) is 30.6 Å². The van der Waals surface area contributed by atoms with Gasteiger partial charge in [-0.1, -0.05) is 19.6 Å². The molecule has 1 saturated heterocycles. The van der Waals surface area contributed by atoms with Crippen LogP contribution in [0.3, 0.4) is 0 Å². The number of aromatic nitrogens is 2. The van der Waals surface area contributed by atoms with Crippen molar-refractivity contribution in [3.05, 3.63) is 71.4 Å². The number of aliphatic hydroxyl groups excluding tert-OH is 1. The molecule has 5 rings (SSSR count). The van der Waals surface area contributed by atoms with Crippen LogP contribution in [0.25, 0.3) is 21.5 Å². The molecule has 1 fully saturated rings. The minimum atomic E-state index is -0.637. The van der Waals surface area contributed by atoms with Gasteiger partial charge in [0.1, 0.15) is 30.0 Å². The zero-order valence-corrected chi connectivity index (χ0v) is 20.4. The Labute approximate surface area is 214 Å². The maximum absolute atomic E-state index is 13.1. The highest BCUT2D eigenvalue weighted by Crippen LogP contribution is 2.33. The van der Waals surface area contributed by atoms with Crippen molar-refractivity contribution in [1.29, 1.82) is 0 Å². The van der Waals surface area contributed by atoms with Crippen molar-refractivity contribution in [1.82, 2.24) is 14.7 Å². The molecule has 0 spiro atoms. The Kier molecular flexibility index (Phi) is 8.18. The molecule has 3 heterocycles. The predicted molar refractivity (Wildman–Crippen MR) is 142 cm³/mol. The lowest BCUT2D eigenvalue weighted by Gasteiger charge is -2.32. The summed E-state index contributed by atoms with van der Waals surface area (Å²) in [4.78, 5) is 14.8. The van der Waals surface area contributed by atoms with Crippen molar-refractivity contribution < 1.29 is 19.0 Å². The molecule has 8 heteroatoms. The summed E-state index contributed by atoms with van der Waals surface area (Å²) in [5.41, 5.74) is 3.58. The summed E-state index contributed by atoms with van der Waals surface area (Å²) < 4.78 is 22.1. The van der Waals surface area contributed by atoms with Crippen LogP contribution in [0.5, 0.6) is 5.75 Å². The first-order valence-corrected chi connectivity index (χ1v) is 12.7. The van der Waals surface area contributed by atoms with Gasteiger partial charge < -0.3 is 14.7 Å². The Balaban J connectivity index is 0.00000304. The Bertz CT molecular complexity index is 1310. The van der Waals surface area contributed by atoms with E-state index in [9.17, 15) is 14.3 Å². The van der Waals surface area contributed by atoms with E-state index in [1.807, 2.05) is 36.0 Å². The molecule has 6 nitrogen and oxygen atoms in total. The fraction of sp³-hybridized carbons (Fsp3) is 0.357. The number of Topliss-reactive ketones (excluding diaryl/α,β-unsaturated/α-hetero) is 1. The van der Waals surface area contributed by atoms with Gasteiger partial charge in [0.2, 0.25) is 0 Å². The molecule has 1 aliphatic heterocycles. The van der Waals surface area contributed by atoms with E-state index in [0.717, 1.165) is 47.4 Å². The number of halogens is 1. The second-order valence-electron chi connectivity index (χ2n) is 9.05. The van der Waals surface area contributed by atoms with Crippen LogP contribution < -0.4 is 4.74 Å². The average Bonchev–Trinajstić information content (AvgIpc) is 3.48. The lowest BCUT2D eigenvalue weighted by Crippen LogP contribution is -2.42. The van der Waals surface area contributed by atoms with Gasteiger partial charge in [-0.3, -0.25) is 9.48 Å². The Morgan fingerprint density at radius 3 is 2.69 bits per heavy atom. The number of ether oxygens (including phenoxy) is 1. The Morgan fingerprint density at radius 1 is 1.19 bits per heavy atom. The minimum Gasteiger partial charge on any atom is -0.491 e. The third-order valence-corrected chi connectivity index (χ3v) is 7.47. The molecule has 4 aromatic rings. The standard InChI is InChI=1S/C27H28FN3O3S.CH4/c1-30-24-11-14-35-27(24)25(29-30)20-3-2-4-23(15-20)34-17-22(32)16-31-12-9-19(10-13-31)26(33)18-5-7-21(28)8-6-18;/h2-8,11,14-15,19,22,32H,9-10,12-13,16-17H2,1H3;1H4. The zero-order chi connectivity index (χ0) is 24.4. The highest BCUT2D eigenvalue weighted by atomic mass is 32.1. The highest BCUT2D eigenvalue weighted by molar-refractivity contribution is 7.17. The average molecular weight is 510 g/mol. The van der Waals surface area contributed by atoms with Crippen molar-refractivity contribution in [2.75, 3.05) is 26.2 Å². The van der Waals surface area contributed by atoms with Gasteiger partial charge in [0.25, 0.3) is 0 Å². The van der Waals surface area contributed by atoms with Gasteiger partial charge in [-0.15, -0.1) is 11.3 Å². The lowest BCUT2D eigenvalue weighted by molar-refractivity contribution is 0.0524. The summed E-state index contributed by atoms with van der Waals surface area (Å²) >= 11 is 1.67. The third kappa shape index (κ3) is 5.67. The number of aliphatic hydroxyl groups is 1. The van der Waals surface area contributed by atoms with Crippen molar-refractivity contribution in [2.45, 2.75) is 26.4 Å². The van der Waals surface area contributed by atoms with E-state index >= 15 is 0 Å². The van der Waals surface area contributed by atoms with Crippen molar-refractivity contribution >= 4 is 27.3 Å². The molecule has 190 valence electrons. The first-order valence-electron chi connectivity index (χ1n) is 11.8. The number of ketones is 1. The van der Waals surface area contributed by atoms with E-state index < -0.39 is 6.10 Å². The maximum Gasteiger partial charge on any atom is 0.166 e. The number of β-amino-alcohol motifs (C(OH)–C–C–N with tert-alkyl or cyclic N) is 1. The molecule has 1 unspecified atom stereocenters. The summed E-state index contributed by atoms with van der Waals surface area (Å²) in [5, 5.41) is 17.3. The third-order valence-electron chi connectivity index (χ3n) is 6.56. The molecule has 36 heavy (non-hydrogen) atoms. The van der Waals surface area contributed by atoms with Crippen LogP contribution in [0.2, 0.25) is 0 Å². The summed E-state index contributed by atoms with van der Waals surface area (Å²) in [5.74, 6) is 0.367. The van der Waals surface area contributed by atoms with Gasteiger partial charge in [-0.05, 0) is 73.8 Å². The summed E-state index contributed by atoms with van der Waals surface area (Å²) in [6.07, 6.45) is 0.821. The topological polar surface area (TPSA) is 67.6 Å². The van der Waals surface area contributed by atoms with E-state index in [1.165, 1.54) is 12.1 Å². The maximum atomic E-state index is 13.1. The lowest BCUT2D eigenvalue weighted by atomic mass is 9.89. The molecule has 1 atom stereocenters. The zero-order valence-electron chi connectivity index (χ0n) is 19.6. The normalized spacial score (nSPS) is 15.5. The number of benzene rings is 2. The van der Waals surface area contributed by atoms with Gasteiger partial charge in [0.15, 0.2) is 5.78 Å². The molecule has 0 saturated carbocycles. The molecule has 1 N–H and O–H groups in total. The van der Waals surface area contributed by atoms with E-state index in [4.69, 9.17) is 4.74 Å². The van der Waals surface area contributed by atoms with Crippen molar-refractivity contribution in [3.8, 4) is 17.0 Å². The van der Waals surface area contributed by atoms with Crippen LogP contribution in [0.4, 0.5) is 4.39 Å². The number of hydrogen-bond acceptors (Lipinski definition) is 6. The molecular weight excluding hydrogens is 477 g/mol. The second-order valence-corrected chi connectivity index (χ2v) is 9.96. The van der Waals surface area contributed by atoms with Gasteiger partial charge in [-0.2, -0.15) is 5.10 Å². The van der Waals surface area contributed by atoms with Crippen LogP contribution in [-0.2, 0) is 7.05 Å². The number of aryl methyl sites for hydroxylation is 1. The number of hydrogen-bond donors (Lipinski definition) is 1. The largest absolute Gasteiger partial charge is 0.491 e. The molecule has 0 radical (unpaired) electrons. The quantitative estimate of drug-likeness (QED) is 0.322. The van der Waals surface area contributed by atoms with Crippen LogP contribution in [-0.4, -0.2) is 57.9 Å². The summed E-state index contributed by atoms with van der Waals surface area (Å²) in [6, 6.07) is 15.6. The Morgan fingerprint density at radius 2 is 1.94 bits per heavy atom. The number of carbonyl (C=O) groups is 1. The molecular formula is C28H32FN3O3S. The van der Waals surface area contributed by atoms with Crippen LogP contribution in [0, 0.1) is 11.7 Å². The number of rotatable bonds is 8. The molecule has 2 aromatic heterocycles. The number of carbonyl (C=O) groups excluding carboxylic acids is 1. The molecule has 0 bridgehead atoms. The molecule has 0 amide bonds.